The number of carbonyl (C=O) groups is 2. The zero-order valence-electron chi connectivity index (χ0n) is 18.3. The summed E-state index contributed by atoms with van der Waals surface area (Å²) in [5, 5.41) is 10.6. The number of hydrogen-bond donors (Lipinski definition) is 3. The van der Waals surface area contributed by atoms with Gasteiger partial charge in [-0.25, -0.2) is 9.50 Å². The Labute approximate surface area is 189 Å². The molecular weight excluding hydrogens is 420 g/mol. The van der Waals surface area contributed by atoms with Crippen molar-refractivity contribution >= 4 is 46.3 Å². The predicted octanol–water partition coefficient (Wildman–Crippen LogP) is 2.96. The SMILES string of the molecule is CN(c1cccc(C(N)=O)c1)c1nccn2nc(Nc3ccc4c(c3)NC(=O)C4(C)C)nc12. The van der Waals surface area contributed by atoms with Crippen molar-refractivity contribution in [1.29, 1.82) is 0 Å². The maximum Gasteiger partial charge on any atom is 0.248 e. The van der Waals surface area contributed by atoms with Gasteiger partial charge in [0, 0.05) is 42.1 Å². The number of aromatic nitrogens is 4. The molecule has 10 heteroatoms. The third-order valence-corrected chi connectivity index (χ3v) is 5.84. The van der Waals surface area contributed by atoms with Crippen molar-refractivity contribution in [3.8, 4) is 0 Å². The lowest BCUT2D eigenvalue weighted by Gasteiger charge is -2.18. The number of hydrogen-bond acceptors (Lipinski definition) is 7. The molecule has 0 aliphatic carbocycles. The lowest BCUT2D eigenvalue weighted by atomic mass is 9.86. The van der Waals surface area contributed by atoms with Gasteiger partial charge < -0.3 is 21.3 Å². The molecule has 4 N–H and O–H groups in total. The molecule has 0 atom stereocenters. The summed E-state index contributed by atoms with van der Waals surface area (Å²) in [4.78, 5) is 34.7. The highest BCUT2D eigenvalue weighted by molar-refractivity contribution is 6.06. The molecule has 5 rings (SSSR count). The average molecular weight is 442 g/mol. The van der Waals surface area contributed by atoms with Gasteiger partial charge >= 0.3 is 0 Å². The van der Waals surface area contributed by atoms with Gasteiger partial charge in [-0.1, -0.05) is 12.1 Å². The molecule has 4 aromatic rings. The molecule has 1 aliphatic rings. The summed E-state index contributed by atoms with van der Waals surface area (Å²) in [5.41, 5.74) is 9.00. The van der Waals surface area contributed by atoms with Crippen LogP contribution in [0.2, 0.25) is 0 Å². The summed E-state index contributed by atoms with van der Waals surface area (Å²) in [7, 11) is 1.83. The number of nitrogens with two attached hydrogens (primary N) is 1. The summed E-state index contributed by atoms with van der Waals surface area (Å²) in [6.45, 7) is 3.80. The third kappa shape index (κ3) is 3.41. The van der Waals surface area contributed by atoms with E-state index in [1.54, 1.807) is 35.1 Å². The van der Waals surface area contributed by atoms with Gasteiger partial charge in [-0.15, -0.1) is 5.10 Å². The number of rotatable bonds is 5. The molecule has 33 heavy (non-hydrogen) atoms. The Balaban J connectivity index is 1.47. The van der Waals surface area contributed by atoms with Gasteiger partial charge in [0.15, 0.2) is 5.82 Å². The van der Waals surface area contributed by atoms with E-state index in [4.69, 9.17) is 5.73 Å². The summed E-state index contributed by atoms with van der Waals surface area (Å²) in [5.74, 6) is 0.411. The lowest BCUT2D eigenvalue weighted by Crippen LogP contribution is -2.26. The molecule has 0 unspecified atom stereocenters. The molecule has 0 saturated carbocycles. The van der Waals surface area contributed by atoms with Crippen LogP contribution in [-0.4, -0.2) is 38.4 Å². The maximum atomic E-state index is 12.2. The first kappa shape index (κ1) is 20.4. The summed E-state index contributed by atoms with van der Waals surface area (Å²) in [6, 6.07) is 12.7. The maximum absolute atomic E-state index is 12.2. The molecular formula is C23H22N8O2. The van der Waals surface area contributed by atoms with Crippen LogP contribution < -0.4 is 21.3 Å². The van der Waals surface area contributed by atoms with Crippen molar-refractivity contribution in [3.63, 3.8) is 0 Å². The van der Waals surface area contributed by atoms with E-state index < -0.39 is 11.3 Å². The van der Waals surface area contributed by atoms with Gasteiger partial charge in [-0.3, -0.25) is 9.59 Å². The van der Waals surface area contributed by atoms with E-state index in [0.717, 1.165) is 22.6 Å². The zero-order chi connectivity index (χ0) is 23.3. The number of nitrogens with one attached hydrogen (secondary N) is 2. The second kappa shape index (κ2) is 7.30. The van der Waals surface area contributed by atoms with Crippen LogP contribution in [0.4, 0.5) is 28.8 Å². The molecule has 166 valence electrons. The normalized spacial score (nSPS) is 14.1. The molecule has 0 bridgehead atoms. The fourth-order valence-corrected chi connectivity index (χ4v) is 3.88. The monoisotopic (exact) mass is 442 g/mol. The molecule has 1 aliphatic heterocycles. The second-order valence-corrected chi connectivity index (χ2v) is 8.39. The zero-order valence-corrected chi connectivity index (χ0v) is 18.3. The molecule has 0 spiro atoms. The van der Waals surface area contributed by atoms with Gasteiger partial charge in [-0.2, -0.15) is 4.98 Å². The van der Waals surface area contributed by atoms with Gasteiger partial charge in [0.25, 0.3) is 0 Å². The van der Waals surface area contributed by atoms with E-state index >= 15 is 0 Å². The number of primary amides is 1. The van der Waals surface area contributed by atoms with E-state index in [1.807, 2.05) is 50.1 Å². The fraction of sp³-hybridized carbons (Fsp3) is 0.174. The Morgan fingerprint density at radius 2 is 2.03 bits per heavy atom. The number of fused-ring (bicyclic) bond motifs is 2. The van der Waals surface area contributed by atoms with Crippen molar-refractivity contribution in [1.82, 2.24) is 19.6 Å². The van der Waals surface area contributed by atoms with E-state index in [1.165, 1.54) is 0 Å². The van der Waals surface area contributed by atoms with Crippen LogP contribution >= 0.6 is 0 Å². The Kier molecular flexibility index (Phi) is 4.52. The van der Waals surface area contributed by atoms with Crippen molar-refractivity contribution in [2.45, 2.75) is 19.3 Å². The van der Waals surface area contributed by atoms with E-state index in [-0.39, 0.29) is 5.91 Å². The molecule has 0 saturated heterocycles. The third-order valence-electron chi connectivity index (χ3n) is 5.84. The number of anilines is 5. The molecule has 3 heterocycles. The minimum absolute atomic E-state index is 0.0281. The van der Waals surface area contributed by atoms with Crippen molar-refractivity contribution < 1.29 is 9.59 Å². The summed E-state index contributed by atoms with van der Waals surface area (Å²) >= 11 is 0. The fourth-order valence-electron chi connectivity index (χ4n) is 3.88. The second-order valence-electron chi connectivity index (χ2n) is 8.39. The van der Waals surface area contributed by atoms with Crippen molar-refractivity contribution in [2.75, 3.05) is 22.6 Å². The van der Waals surface area contributed by atoms with E-state index in [2.05, 4.69) is 25.7 Å². The summed E-state index contributed by atoms with van der Waals surface area (Å²) < 4.78 is 1.62. The molecule has 2 aromatic carbocycles. The molecule has 2 amide bonds. The van der Waals surface area contributed by atoms with Crippen LogP contribution in [-0.2, 0) is 10.2 Å². The lowest BCUT2D eigenvalue weighted by molar-refractivity contribution is -0.119. The first-order valence-corrected chi connectivity index (χ1v) is 10.3. The molecule has 0 radical (unpaired) electrons. The minimum Gasteiger partial charge on any atom is -0.366 e. The first-order valence-electron chi connectivity index (χ1n) is 10.3. The van der Waals surface area contributed by atoms with Crippen LogP contribution in [0.25, 0.3) is 5.65 Å². The number of benzene rings is 2. The Morgan fingerprint density at radius 1 is 1.21 bits per heavy atom. The Bertz CT molecular complexity index is 1430. The predicted molar refractivity (Wildman–Crippen MR) is 125 cm³/mol. The topological polar surface area (TPSA) is 131 Å². The van der Waals surface area contributed by atoms with Gasteiger partial charge in [0.1, 0.15) is 0 Å². The number of nitrogens with zero attached hydrogens (tertiary/aromatic N) is 5. The van der Waals surface area contributed by atoms with Gasteiger partial charge in [0.05, 0.1) is 5.41 Å². The van der Waals surface area contributed by atoms with E-state index in [0.29, 0.717) is 23.0 Å². The van der Waals surface area contributed by atoms with Crippen LogP contribution in [0.15, 0.2) is 54.9 Å². The largest absolute Gasteiger partial charge is 0.366 e. The van der Waals surface area contributed by atoms with Crippen LogP contribution in [0.5, 0.6) is 0 Å². The van der Waals surface area contributed by atoms with Crippen LogP contribution in [0.1, 0.15) is 29.8 Å². The molecule has 2 aromatic heterocycles. The van der Waals surface area contributed by atoms with Crippen molar-refractivity contribution in [2.24, 2.45) is 5.73 Å². The first-order chi connectivity index (χ1) is 15.7. The van der Waals surface area contributed by atoms with Gasteiger partial charge in [-0.05, 0) is 49.7 Å². The highest BCUT2D eigenvalue weighted by Crippen LogP contribution is 2.39. The average Bonchev–Trinajstić information content (AvgIpc) is 3.30. The molecule has 0 fully saturated rings. The van der Waals surface area contributed by atoms with Crippen molar-refractivity contribution in [3.05, 3.63) is 66.0 Å². The smallest absolute Gasteiger partial charge is 0.248 e. The minimum atomic E-state index is -0.563. The van der Waals surface area contributed by atoms with Gasteiger partial charge in [0.2, 0.25) is 23.4 Å². The van der Waals surface area contributed by atoms with E-state index in [9.17, 15) is 9.59 Å². The highest BCUT2D eigenvalue weighted by atomic mass is 16.2. The summed E-state index contributed by atoms with van der Waals surface area (Å²) in [6.07, 6.45) is 3.33. The number of carbonyl (C=O) groups excluding carboxylic acids is 2. The quantitative estimate of drug-likeness (QED) is 0.433. The van der Waals surface area contributed by atoms with Crippen LogP contribution in [0.3, 0.4) is 0 Å². The van der Waals surface area contributed by atoms with Crippen LogP contribution in [0, 0.1) is 0 Å². The number of amides is 2. The Hall–Kier alpha value is -4.47. The Morgan fingerprint density at radius 3 is 2.82 bits per heavy atom. The molecule has 10 nitrogen and oxygen atoms in total. The highest BCUT2D eigenvalue weighted by Gasteiger charge is 2.38. The standard InChI is InChI=1S/C23H22N8O2/c1-23(2)16-8-7-14(12-17(16)27-21(23)33)26-22-28-20-19(25-9-10-31(20)29-22)30(3)15-6-4-5-13(11-15)18(24)32/h4-12H,1-3H3,(H2,24,32)(H,26,29)(H,27,33).